The Labute approximate surface area is 130 Å². The summed E-state index contributed by atoms with van der Waals surface area (Å²) < 4.78 is 26.8. The van der Waals surface area contributed by atoms with Crippen LogP contribution in [-0.4, -0.2) is 8.42 Å². The van der Waals surface area contributed by atoms with Gasteiger partial charge in [-0.25, -0.2) is 13.1 Å². The molecule has 0 fully saturated rings. The van der Waals surface area contributed by atoms with E-state index in [2.05, 4.69) is 11.6 Å². The highest BCUT2D eigenvalue weighted by molar-refractivity contribution is 7.88. The molecule has 0 bridgehead atoms. The molecule has 21 heavy (non-hydrogen) atoms. The van der Waals surface area contributed by atoms with Crippen molar-refractivity contribution in [1.29, 1.82) is 0 Å². The maximum atomic E-state index is 12.1. The predicted molar refractivity (Wildman–Crippen MR) is 87.5 cm³/mol. The third-order valence-corrected chi connectivity index (χ3v) is 5.67. The van der Waals surface area contributed by atoms with E-state index >= 15 is 0 Å². The molecule has 3 N–H and O–H groups in total. The second kappa shape index (κ2) is 7.17. The lowest BCUT2D eigenvalue weighted by Gasteiger charge is -2.06. The summed E-state index contributed by atoms with van der Waals surface area (Å²) in [4.78, 5) is 2.30. The van der Waals surface area contributed by atoms with Crippen molar-refractivity contribution in [2.45, 2.75) is 32.2 Å². The molecule has 0 aliphatic rings. The molecule has 0 aliphatic carbocycles. The van der Waals surface area contributed by atoms with Gasteiger partial charge >= 0.3 is 0 Å². The molecule has 0 unspecified atom stereocenters. The first kappa shape index (κ1) is 16.2. The lowest BCUT2D eigenvalue weighted by molar-refractivity contribution is 0.581. The van der Waals surface area contributed by atoms with Gasteiger partial charge < -0.3 is 5.73 Å². The van der Waals surface area contributed by atoms with Crippen LogP contribution in [0.1, 0.15) is 27.8 Å². The van der Waals surface area contributed by atoms with Crippen molar-refractivity contribution in [3.8, 4) is 0 Å². The molecule has 6 heteroatoms. The first-order chi connectivity index (χ1) is 10.0. The quantitative estimate of drug-likeness (QED) is 0.821. The number of nitrogens with two attached hydrogens (primary N) is 1. The third-order valence-electron chi connectivity index (χ3n) is 3.15. The van der Waals surface area contributed by atoms with E-state index in [-0.39, 0.29) is 5.75 Å². The average Bonchev–Trinajstić information content (AvgIpc) is 2.94. The molecule has 1 aromatic heterocycles. The SMILES string of the molecule is CCc1ccc(CNS(=O)(=O)Cc2ccc(CN)cc2)s1. The normalized spacial score (nSPS) is 11.7. The van der Waals surface area contributed by atoms with Gasteiger partial charge in [0.2, 0.25) is 10.0 Å². The van der Waals surface area contributed by atoms with Gasteiger partial charge in [-0.3, -0.25) is 0 Å². The van der Waals surface area contributed by atoms with Crippen LogP contribution < -0.4 is 10.5 Å². The van der Waals surface area contributed by atoms with Gasteiger partial charge in [0.05, 0.1) is 5.75 Å². The highest BCUT2D eigenvalue weighted by Gasteiger charge is 2.12. The zero-order valence-electron chi connectivity index (χ0n) is 12.0. The second-order valence-corrected chi connectivity index (χ2v) is 7.88. The van der Waals surface area contributed by atoms with Gasteiger partial charge in [0.25, 0.3) is 0 Å². The van der Waals surface area contributed by atoms with Crippen LogP contribution in [-0.2, 0) is 35.3 Å². The Bertz CT molecular complexity index is 676. The molecule has 114 valence electrons. The predicted octanol–water partition coefficient (Wildman–Crippen LogP) is 2.39. The molecule has 0 radical (unpaired) electrons. The van der Waals surface area contributed by atoms with Gasteiger partial charge in [-0.2, -0.15) is 0 Å². The second-order valence-electron chi connectivity index (χ2n) is 4.82. The van der Waals surface area contributed by atoms with E-state index in [1.807, 2.05) is 36.4 Å². The summed E-state index contributed by atoms with van der Waals surface area (Å²) in [5.41, 5.74) is 7.28. The highest BCUT2D eigenvalue weighted by atomic mass is 32.2. The first-order valence-corrected chi connectivity index (χ1v) is 9.32. The summed E-state index contributed by atoms with van der Waals surface area (Å²) in [7, 11) is -3.32. The molecule has 0 aliphatic heterocycles. The Morgan fingerprint density at radius 3 is 2.24 bits per heavy atom. The molecular weight excluding hydrogens is 304 g/mol. The fourth-order valence-corrected chi connectivity index (χ4v) is 4.03. The minimum absolute atomic E-state index is 0.0101. The first-order valence-electron chi connectivity index (χ1n) is 6.85. The molecule has 0 saturated carbocycles. The molecule has 2 rings (SSSR count). The summed E-state index contributed by atoms with van der Waals surface area (Å²) in [6, 6.07) is 11.3. The number of aryl methyl sites for hydroxylation is 1. The number of hydrogen-bond donors (Lipinski definition) is 2. The van der Waals surface area contributed by atoms with E-state index < -0.39 is 10.0 Å². The smallest absolute Gasteiger partial charge is 0.216 e. The summed E-state index contributed by atoms with van der Waals surface area (Å²) in [5.74, 6) is -0.0101. The number of rotatable bonds is 7. The monoisotopic (exact) mass is 324 g/mol. The van der Waals surface area contributed by atoms with E-state index in [0.29, 0.717) is 13.1 Å². The Kier molecular flexibility index (Phi) is 5.52. The molecule has 0 saturated heterocycles. The Balaban J connectivity index is 1.94. The Hall–Kier alpha value is -1.21. The van der Waals surface area contributed by atoms with Crippen molar-refractivity contribution < 1.29 is 8.42 Å². The van der Waals surface area contributed by atoms with Gasteiger partial charge in [0.15, 0.2) is 0 Å². The summed E-state index contributed by atoms with van der Waals surface area (Å²) >= 11 is 1.64. The van der Waals surface area contributed by atoms with Gasteiger partial charge in [0.1, 0.15) is 0 Å². The van der Waals surface area contributed by atoms with Crippen LogP contribution in [0.4, 0.5) is 0 Å². The lowest BCUT2D eigenvalue weighted by atomic mass is 10.1. The maximum Gasteiger partial charge on any atom is 0.216 e. The van der Waals surface area contributed by atoms with Crippen molar-refractivity contribution in [2.75, 3.05) is 0 Å². The van der Waals surface area contributed by atoms with Crippen LogP contribution in [0.25, 0.3) is 0 Å². The molecule has 1 aromatic carbocycles. The van der Waals surface area contributed by atoms with Crippen molar-refractivity contribution >= 4 is 21.4 Å². The van der Waals surface area contributed by atoms with Gasteiger partial charge in [-0.15, -0.1) is 11.3 Å². The molecule has 0 atom stereocenters. The van der Waals surface area contributed by atoms with Crippen LogP contribution in [0.2, 0.25) is 0 Å². The molecule has 2 aromatic rings. The van der Waals surface area contributed by atoms with Crippen molar-refractivity contribution in [2.24, 2.45) is 5.73 Å². The Morgan fingerprint density at radius 1 is 1.05 bits per heavy atom. The fraction of sp³-hybridized carbons (Fsp3) is 0.333. The largest absolute Gasteiger partial charge is 0.326 e. The lowest BCUT2D eigenvalue weighted by Crippen LogP contribution is -2.24. The van der Waals surface area contributed by atoms with Crippen LogP contribution in [0.15, 0.2) is 36.4 Å². The zero-order chi connectivity index (χ0) is 15.3. The standard InChI is InChI=1S/C15H20N2O2S2/c1-2-14-7-8-15(20-14)10-17-21(18,19)11-13-5-3-12(9-16)4-6-13/h3-8,17H,2,9-11,16H2,1H3. The van der Waals surface area contributed by atoms with Crippen LogP contribution >= 0.6 is 11.3 Å². The number of benzene rings is 1. The van der Waals surface area contributed by atoms with E-state index in [4.69, 9.17) is 5.73 Å². The fourth-order valence-electron chi connectivity index (χ4n) is 1.93. The van der Waals surface area contributed by atoms with E-state index in [1.165, 1.54) is 4.88 Å². The number of hydrogen-bond acceptors (Lipinski definition) is 4. The van der Waals surface area contributed by atoms with Crippen LogP contribution in [0.3, 0.4) is 0 Å². The number of sulfonamides is 1. The Morgan fingerprint density at radius 2 is 1.67 bits per heavy atom. The minimum atomic E-state index is -3.32. The van der Waals surface area contributed by atoms with Gasteiger partial charge in [-0.1, -0.05) is 31.2 Å². The van der Waals surface area contributed by atoms with E-state index in [9.17, 15) is 8.42 Å². The van der Waals surface area contributed by atoms with Crippen molar-refractivity contribution in [1.82, 2.24) is 4.72 Å². The number of nitrogens with one attached hydrogen (secondary N) is 1. The molecule has 1 heterocycles. The minimum Gasteiger partial charge on any atom is -0.326 e. The third kappa shape index (κ3) is 4.93. The van der Waals surface area contributed by atoms with Crippen molar-refractivity contribution in [3.05, 3.63) is 57.3 Å². The summed E-state index contributed by atoms with van der Waals surface area (Å²) in [6.07, 6.45) is 0.977. The highest BCUT2D eigenvalue weighted by Crippen LogP contribution is 2.17. The van der Waals surface area contributed by atoms with E-state index in [1.54, 1.807) is 11.3 Å². The molecular formula is C15H20N2O2S2. The average molecular weight is 324 g/mol. The van der Waals surface area contributed by atoms with Gasteiger partial charge in [-0.05, 0) is 29.7 Å². The molecule has 4 nitrogen and oxygen atoms in total. The van der Waals surface area contributed by atoms with Crippen LogP contribution in [0, 0.1) is 0 Å². The maximum absolute atomic E-state index is 12.1. The summed E-state index contributed by atoms with van der Waals surface area (Å²) in [6.45, 7) is 2.90. The van der Waals surface area contributed by atoms with Crippen molar-refractivity contribution in [3.63, 3.8) is 0 Å². The number of thiophene rings is 1. The summed E-state index contributed by atoms with van der Waals surface area (Å²) in [5, 5.41) is 0. The van der Waals surface area contributed by atoms with E-state index in [0.717, 1.165) is 22.4 Å². The topological polar surface area (TPSA) is 72.2 Å². The van der Waals surface area contributed by atoms with Gasteiger partial charge in [0, 0.05) is 22.8 Å². The molecule has 0 amide bonds. The van der Waals surface area contributed by atoms with Crippen LogP contribution in [0.5, 0.6) is 0 Å². The zero-order valence-corrected chi connectivity index (χ0v) is 13.6. The molecule has 0 spiro atoms.